The minimum absolute atomic E-state index is 0.0117. The zero-order valence-electron chi connectivity index (χ0n) is 15.1. The van der Waals surface area contributed by atoms with E-state index in [4.69, 9.17) is 0 Å². The number of ketones is 1. The zero-order chi connectivity index (χ0) is 19.9. The molecule has 2 aromatic carbocycles. The van der Waals surface area contributed by atoms with Crippen LogP contribution in [0.1, 0.15) is 29.3 Å². The third-order valence-electron chi connectivity index (χ3n) is 3.86. The molecule has 1 fully saturated rings. The normalized spacial score (nSPS) is 17.7. The highest BCUT2D eigenvalue weighted by molar-refractivity contribution is 8.15. The predicted octanol–water partition coefficient (Wildman–Crippen LogP) is 2.84. The molecule has 2 N–H and O–H groups in total. The molecule has 7 nitrogen and oxygen atoms in total. The van der Waals surface area contributed by atoms with Crippen LogP contribution in [0.5, 0.6) is 0 Å². The maximum absolute atomic E-state index is 12.2. The predicted molar refractivity (Wildman–Crippen MR) is 111 cm³/mol. The second-order valence-electron chi connectivity index (χ2n) is 6.05. The summed E-state index contributed by atoms with van der Waals surface area (Å²) in [6, 6.07) is 16.1. The van der Waals surface area contributed by atoms with Gasteiger partial charge in [-0.3, -0.25) is 14.4 Å². The minimum atomic E-state index is -0.582. The lowest BCUT2D eigenvalue weighted by Crippen LogP contribution is -2.28. The summed E-state index contributed by atoms with van der Waals surface area (Å²) in [5.41, 5.74) is 1.92. The van der Waals surface area contributed by atoms with Gasteiger partial charge in [-0.25, -0.2) is 0 Å². The number of thioether (sulfide) groups is 1. The van der Waals surface area contributed by atoms with E-state index >= 15 is 0 Å². The number of amidine groups is 1. The molecule has 1 aliphatic heterocycles. The fraction of sp³-hybridized carbons (Fsp3) is 0.150. The van der Waals surface area contributed by atoms with Crippen LogP contribution in [0.2, 0.25) is 0 Å². The van der Waals surface area contributed by atoms with Crippen molar-refractivity contribution in [2.24, 2.45) is 10.2 Å². The van der Waals surface area contributed by atoms with E-state index in [1.54, 1.807) is 30.5 Å². The Morgan fingerprint density at radius 3 is 2.71 bits per heavy atom. The van der Waals surface area contributed by atoms with Crippen LogP contribution >= 0.6 is 11.8 Å². The van der Waals surface area contributed by atoms with Crippen molar-refractivity contribution in [3.63, 3.8) is 0 Å². The van der Waals surface area contributed by atoms with E-state index in [1.807, 2.05) is 30.3 Å². The number of amides is 2. The van der Waals surface area contributed by atoms with Gasteiger partial charge in [0.15, 0.2) is 11.0 Å². The van der Waals surface area contributed by atoms with E-state index in [1.165, 1.54) is 6.92 Å². The molecular weight excluding hydrogens is 376 g/mol. The number of hydrogen-bond acceptors (Lipinski definition) is 6. The largest absolute Gasteiger partial charge is 0.326 e. The first-order valence-electron chi connectivity index (χ1n) is 8.56. The first-order valence-corrected chi connectivity index (χ1v) is 9.43. The highest BCUT2D eigenvalue weighted by Gasteiger charge is 2.32. The second kappa shape index (κ2) is 9.09. The van der Waals surface area contributed by atoms with Crippen LogP contribution in [-0.2, 0) is 9.59 Å². The molecule has 1 atom stereocenters. The van der Waals surface area contributed by atoms with E-state index in [2.05, 4.69) is 20.8 Å². The average Bonchev–Trinajstić information content (AvgIpc) is 3.02. The maximum atomic E-state index is 12.2. The van der Waals surface area contributed by atoms with Gasteiger partial charge in [-0.2, -0.15) is 5.10 Å². The number of rotatable bonds is 6. The number of benzene rings is 2. The van der Waals surface area contributed by atoms with Crippen LogP contribution in [0.4, 0.5) is 5.69 Å². The molecule has 0 spiro atoms. The number of Topliss-reactive ketones (excluding diaryl/α,β-unsaturated/α-hetero) is 1. The lowest BCUT2D eigenvalue weighted by molar-refractivity contribution is -0.122. The topological polar surface area (TPSA) is 100.0 Å². The number of hydrogen-bond donors (Lipinski definition) is 2. The quantitative estimate of drug-likeness (QED) is 0.447. The van der Waals surface area contributed by atoms with Gasteiger partial charge >= 0.3 is 0 Å². The molecule has 3 rings (SSSR count). The Hall–Kier alpha value is -3.26. The maximum Gasteiger partial charge on any atom is 0.240 e. The molecule has 1 unspecified atom stereocenters. The molecule has 8 heteroatoms. The molecule has 0 aromatic heterocycles. The number of anilines is 1. The van der Waals surface area contributed by atoms with E-state index in [0.29, 0.717) is 16.4 Å². The molecule has 2 amide bonds. The molecule has 0 aliphatic carbocycles. The monoisotopic (exact) mass is 394 g/mol. The Labute approximate surface area is 166 Å². The van der Waals surface area contributed by atoms with Gasteiger partial charge in [-0.15, -0.1) is 5.10 Å². The first kappa shape index (κ1) is 19.5. The molecule has 1 aliphatic rings. The van der Waals surface area contributed by atoms with Crippen LogP contribution < -0.4 is 10.6 Å². The minimum Gasteiger partial charge on any atom is -0.326 e. The van der Waals surface area contributed by atoms with Gasteiger partial charge in [-0.1, -0.05) is 54.2 Å². The van der Waals surface area contributed by atoms with Crippen LogP contribution in [0.3, 0.4) is 0 Å². The summed E-state index contributed by atoms with van der Waals surface area (Å²) >= 11 is 1.16. The summed E-state index contributed by atoms with van der Waals surface area (Å²) in [6.07, 6.45) is 1.57. The molecule has 0 saturated carbocycles. The molecule has 1 saturated heterocycles. The van der Waals surface area contributed by atoms with Gasteiger partial charge in [0, 0.05) is 17.7 Å². The molecule has 0 radical (unpaired) electrons. The fourth-order valence-corrected chi connectivity index (χ4v) is 3.39. The van der Waals surface area contributed by atoms with Crippen molar-refractivity contribution in [1.29, 1.82) is 0 Å². The Bertz CT molecular complexity index is 957. The highest BCUT2D eigenvalue weighted by Crippen LogP contribution is 2.23. The van der Waals surface area contributed by atoms with Crippen LogP contribution in [0, 0.1) is 0 Å². The smallest absolute Gasteiger partial charge is 0.240 e. The van der Waals surface area contributed by atoms with E-state index in [9.17, 15) is 14.4 Å². The summed E-state index contributed by atoms with van der Waals surface area (Å²) in [6.45, 7) is 1.46. The first-order chi connectivity index (χ1) is 13.5. The van der Waals surface area contributed by atoms with Crippen molar-refractivity contribution >= 4 is 46.4 Å². The van der Waals surface area contributed by atoms with Crippen molar-refractivity contribution in [1.82, 2.24) is 5.32 Å². The van der Waals surface area contributed by atoms with E-state index in [0.717, 1.165) is 17.3 Å². The Morgan fingerprint density at radius 1 is 1.18 bits per heavy atom. The molecule has 2 aromatic rings. The Morgan fingerprint density at radius 2 is 1.96 bits per heavy atom. The third kappa shape index (κ3) is 5.37. The second-order valence-corrected chi connectivity index (χ2v) is 7.24. The van der Waals surface area contributed by atoms with Gasteiger partial charge in [-0.05, 0) is 24.6 Å². The van der Waals surface area contributed by atoms with Gasteiger partial charge in [0.2, 0.25) is 11.8 Å². The average molecular weight is 394 g/mol. The third-order valence-corrected chi connectivity index (χ3v) is 4.93. The molecule has 142 valence electrons. The van der Waals surface area contributed by atoms with Crippen LogP contribution in [0.15, 0.2) is 64.8 Å². The lowest BCUT2D eigenvalue weighted by Gasteiger charge is -2.08. The number of nitrogens with one attached hydrogen (secondary N) is 2. The molecule has 1 heterocycles. The fourth-order valence-electron chi connectivity index (χ4n) is 2.47. The lowest BCUT2D eigenvalue weighted by atomic mass is 10.1. The highest BCUT2D eigenvalue weighted by atomic mass is 32.2. The van der Waals surface area contributed by atoms with Gasteiger partial charge < -0.3 is 10.6 Å². The summed E-state index contributed by atoms with van der Waals surface area (Å²) in [4.78, 5) is 35.7. The Kier molecular flexibility index (Phi) is 6.33. The van der Waals surface area contributed by atoms with Crippen molar-refractivity contribution in [2.75, 3.05) is 5.32 Å². The van der Waals surface area contributed by atoms with Crippen molar-refractivity contribution in [3.8, 4) is 0 Å². The standard InChI is InChI=1S/C20H18N4O3S/c1-13(25)15-8-5-9-16(10-15)22-18(26)11-17-19(27)23-20(28-17)24-21-12-14-6-3-2-4-7-14/h2-10,12,17H,11H2,1H3,(H,22,26)(H,23,24,27). The number of nitrogens with zero attached hydrogens (tertiary/aromatic N) is 2. The number of carbonyl (C=O) groups excluding carboxylic acids is 3. The van der Waals surface area contributed by atoms with Gasteiger partial charge in [0.1, 0.15) is 5.25 Å². The van der Waals surface area contributed by atoms with Crippen LogP contribution in [-0.4, -0.2) is 34.2 Å². The summed E-state index contributed by atoms with van der Waals surface area (Å²) in [5.74, 6) is -0.688. The van der Waals surface area contributed by atoms with Gasteiger partial charge in [0.05, 0.1) is 6.21 Å². The van der Waals surface area contributed by atoms with E-state index in [-0.39, 0.29) is 24.0 Å². The Balaban J connectivity index is 1.56. The summed E-state index contributed by atoms with van der Waals surface area (Å²) in [5, 5.41) is 13.1. The zero-order valence-corrected chi connectivity index (χ0v) is 15.9. The number of carbonyl (C=O) groups is 3. The van der Waals surface area contributed by atoms with Crippen molar-refractivity contribution in [3.05, 3.63) is 65.7 Å². The SMILES string of the molecule is CC(=O)c1cccc(NC(=O)CC2SC(=NN=Cc3ccccc3)NC2=O)c1. The molecule has 0 bridgehead atoms. The van der Waals surface area contributed by atoms with Crippen molar-refractivity contribution in [2.45, 2.75) is 18.6 Å². The summed E-state index contributed by atoms with van der Waals surface area (Å²) < 4.78 is 0. The molecule has 28 heavy (non-hydrogen) atoms. The molecular formula is C20H18N4O3S. The summed E-state index contributed by atoms with van der Waals surface area (Å²) in [7, 11) is 0. The van der Waals surface area contributed by atoms with Crippen molar-refractivity contribution < 1.29 is 14.4 Å². The van der Waals surface area contributed by atoms with E-state index < -0.39 is 5.25 Å². The van der Waals surface area contributed by atoms with Gasteiger partial charge in [0.25, 0.3) is 0 Å². The van der Waals surface area contributed by atoms with Crippen LogP contribution in [0.25, 0.3) is 0 Å².